The van der Waals surface area contributed by atoms with E-state index >= 15 is 0 Å². The summed E-state index contributed by atoms with van der Waals surface area (Å²) in [4.78, 5) is 16.6. The lowest BCUT2D eigenvalue weighted by atomic mass is 9.97. The van der Waals surface area contributed by atoms with Gasteiger partial charge in [-0.05, 0) is 66.5 Å². The number of ether oxygens (including phenoxy) is 1. The molecule has 0 aromatic rings. The predicted molar refractivity (Wildman–Crippen MR) is 76.2 cm³/mol. The van der Waals surface area contributed by atoms with E-state index in [1.165, 1.54) is 25.9 Å². The molecule has 2 unspecified atom stereocenters. The van der Waals surface area contributed by atoms with Gasteiger partial charge >= 0.3 is 6.09 Å². The number of amides is 1. The largest absolute Gasteiger partial charge is 0.444 e. The first-order chi connectivity index (χ1) is 8.87. The van der Waals surface area contributed by atoms with Crippen LogP contribution in [0.15, 0.2) is 0 Å². The van der Waals surface area contributed by atoms with Crippen molar-refractivity contribution in [1.29, 1.82) is 0 Å². The van der Waals surface area contributed by atoms with Crippen LogP contribution < -0.4 is 0 Å². The number of hydrogen-bond donors (Lipinski definition) is 0. The first kappa shape index (κ1) is 14.6. The van der Waals surface area contributed by atoms with Crippen LogP contribution in [0.3, 0.4) is 0 Å². The Bertz CT molecular complexity index is 319. The molecule has 2 saturated heterocycles. The number of carbonyl (C=O) groups excluding carboxylic acids is 1. The van der Waals surface area contributed by atoms with E-state index in [0.29, 0.717) is 6.04 Å². The highest BCUT2D eigenvalue weighted by Crippen LogP contribution is 2.26. The van der Waals surface area contributed by atoms with Crippen LogP contribution in [0.5, 0.6) is 0 Å². The van der Waals surface area contributed by atoms with Crippen LogP contribution in [0, 0.1) is 0 Å². The van der Waals surface area contributed by atoms with Gasteiger partial charge in [-0.3, -0.25) is 0 Å². The van der Waals surface area contributed by atoms with Gasteiger partial charge in [0.15, 0.2) is 0 Å². The Morgan fingerprint density at radius 1 is 1.16 bits per heavy atom. The van der Waals surface area contributed by atoms with Crippen molar-refractivity contribution in [3.8, 4) is 0 Å². The van der Waals surface area contributed by atoms with E-state index in [2.05, 4.69) is 11.8 Å². The van der Waals surface area contributed by atoms with Gasteiger partial charge in [0.25, 0.3) is 0 Å². The highest BCUT2D eigenvalue weighted by molar-refractivity contribution is 5.68. The second-order valence-corrected chi connectivity index (χ2v) is 6.94. The molecule has 4 heteroatoms. The van der Waals surface area contributed by atoms with Gasteiger partial charge in [-0.25, -0.2) is 4.79 Å². The Kier molecular flexibility index (Phi) is 4.39. The van der Waals surface area contributed by atoms with E-state index in [-0.39, 0.29) is 12.1 Å². The lowest BCUT2D eigenvalue weighted by Gasteiger charge is -2.41. The van der Waals surface area contributed by atoms with Gasteiger partial charge in [0.05, 0.1) is 0 Å². The fraction of sp³-hybridized carbons (Fsp3) is 0.933. The molecule has 2 aliphatic rings. The SMILES string of the molecule is CC1CC(N2CCCC2)CCN1C(=O)OC(C)(C)C. The summed E-state index contributed by atoms with van der Waals surface area (Å²) in [5.74, 6) is 0. The summed E-state index contributed by atoms with van der Waals surface area (Å²) in [5, 5.41) is 0. The fourth-order valence-electron chi connectivity index (χ4n) is 3.18. The quantitative estimate of drug-likeness (QED) is 0.733. The third-order valence-electron chi connectivity index (χ3n) is 4.13. The predicted octanol–water partition coefficient (Wildman–Crippen LogP) is 2.87. The van der Waals surface area contributed by atoms with Gasteiger partial charge in [0.2, 0.25) is 0 Å². The van der Waals surface area contributed by atoms with Crippen molar-refractivity contribution >= 4 is 6.09 Å². The molecule has 0 bridgehead atoms. The molecule has 2 rings (SSSR count). The summed E-state index contributed by atoms with van der Waals surface area (Å²) >= 11 is 0. The molecule has 19 heavy (non-hydrogen) atoms. The van der Waals surface area contributed by atoms with E-state index in [1.54, 1.807) is 0 Å². The summed E-state index contributed by atoms with van der Waals surface area (Å²) < 4.78 is 5.48. The molecule has 0 aromatic heterocycles. The molecule has 0 radical (unpaired) electrons. The number of piperidine rings is 1. The summed E-state index contributed by atoms with van der Waals surface area (Å²) in [5.41, 5.74) is -0.400. The van der Waals surface area contributed by atoms with Crippen molar-refractivity contribution in [2.24, 2.45) is 0 Å². The topological polar surface area (TPSA) is 32.8 Å². The van der Waals surface area contributed by atoms with Crippen LogP contribution in [-0.2, 0) is 4.74 Å². The molecular weight excluding hydrogens is 240 g/mol. The third-order valence-corrected chi connectivity index (χ3v) is 4.13. The zero-order valence-electron chi connectivity index (χ0n) is 12.8. The lowest BCUT2D eigenvalue weighted by Crippen LogP contribution is -2.51. The van der Waals surface area contributed by atoms with Gasteiger partial charge in [-0.2, -0.15) is 0 Å². The van der Waals surface area contributed by atoms with Crippen molar-refractivity contribution in [2.75, 3.05) is 19.6 Å². The third kappa shape index (κ3) is 3.85. The molecule has 0 aliphatic carbocycles. The van der Waals surface area contributed by atoms with Crippen molar-refractivity contribution < 1.29 is 9.53 Å². The first-order valence-corrected chi connectivity index (χ1v) is 7.60. The van der Waals surface area contributed by atoms with Crippen LogP contribution in [0.25, 0.3) is 0 Å². The fourth-order valence-corrected chi connectivity index (χ4v) is 3.18. The number of hydrogen-bond acceptors (Lipinski definition) is 3. The van der Waals surface area contributed by atoms with E-state index in [4.69, 9.17) is 4.74 Å². The zero-order chi connectivity index (χ0) is 14.0. The second-order valence-electron chi connectivity index (χ2n) is 6.94. The van der Waals surface area contributed by atoms with Crippen LogP contribution in [0.2, 0.25) is 0 Å². The van der Waals surface area contributed by atoms with Gasteiger partial charge in [0.1, 0.15) is 5.60 Å². The Morgan fingerprint density at radius 3 is 2.32 bits per heavy atom. The van der Waals surface area contributed by atoms with Gasteiger partial charge < -0.3 is 14.5 Å². The lowest BCUT2D eigenvalue weighted by molar-refractivity contribution is 0.00318. The van der Waals surface area contributed by atoms with Crippen molar-refractivity contribution in [2.45, 2.75) is 71.1 Å². The van der Waals surface area contributed by atoms with E-state index in [0.717, 1.165) is 19.4 Å². The van der Waals surface area contributed by atoms with Crippen molar-refractivity contribution in [1.82, 2.24) is 9.80 Å². The van der Waals surface area contributed by atoms with Crippen molar-refractivity contribution in [3.05, 3.63) is 0 Å². The number of likely N-dealkylation sites (tertiary alicyclic amines) is 2. The first-order valence-electron chi connectivity index (χ1n) is 7.60. The Balaban J connectivity index is 1.87. The highest BCUT2D eigenvalue weighted by Gasteiger charge is 2.34. The highest BCUT2D eigenvalue weighted by atomic mass is 16.6. The minimum atomic E-state index is -0.400. The molecule has 1 amide bonds. The average Bonchev–Trinajstić information content (AvgIpc) is 2.79. The molecule has 0 saturated carbocycles. The Morgan fingerprint density at radius 2 is 1.79 bits per heavy atom. The normalized spacial score (nSPS) is 29.6. The molecule has 2 heterocycles. The molecule has 0 spiro atoms. The maximum absolute atomic E-state index is 12.1. The van der Waals surface area contributed by atoms with Crippen molar-refractivity contribution in [3.63, 3.8) is 0 Å². The summed E-state index contributed by atoms with van der Waals surface area (Å²) in [6.07, 6.45) is 4.68. The standard InChI is InChI=1S/C15H28N2O2/c1-12-11-13(16-8-5-6-9-16)7-10-17(12)14(18)19-15(2,3)4/h12-13H,5-11H2,1-4H3. The molecule has 2 fully saturated rings. The minimum Gasteiger partial charge on any atom is -0.444 e. The maximum Gasteiger partial charge on any atom is 0.410 e. The summed E-state index contributed by atoms with van der Waals surface area (Å²) in [6, 6.07) is 0.949. The van der Waals surface area contributed by atoms with Crippen LogP contribution in [-0.4, -0.2) is 53.2 Å². The second kappa shape index (κ2) is 5.70. The number of carbonyl (C=O) groups is 1. The summed E-state index contributed by atoms with van der Waals surface area (Å²) in [6.45, 7) is 11.2. The Labute approximate surface area is 117 Å². The van der Waals surface area contributed by atoms with E-state index in [9.17, 15) is 4.79 Å². The minimum absolute atomic E-state index is 0.153. The molecule has 4 nitrogen and oxygen atoms in total. The average molecular weight is 268 g/mol. The molecule has 110 valence electrons. The molecule has 0 N–H and O–H groups in total. The number of rotatable bonds is 1. The molecule has 0 aromatic carbocycles. The van der Waals surface area contributed by atoms with Gasteiger partial charge in [-0.15, -0.1) is 0 Å². The van der Waals surface area contributed by atoms with Crippen LogP contribution >= 0.6 is 0 Å². The van der Waals surface area contributed by atoms with Crippen LogP contribution in [0.1, 0.15) is 53.4 Å². The molecule has 2 aliphatic heterocycles. The maximum atomic E-state index is 12.1. The zero-order valence-corrected chi connectivity index (χ0v) is 12.8. The van der Waals surface area contributed by atoms with E-state index in [1.807, 2.05) is 25.7 Å². The smallest absolute Gasteiger partial charge is 0.410 e. The Hall–Kier alpha value is -0.770. The monoisotopic (exact) mass is 268 g/mol. The van der Waals surface area contributed by atoms with Crippen LogP contribution in [0.4, 0.5) is 4.79 Å². The van der Waals surface area contributed by atoms with Gasteiger partial charge in [0, 0.05) is 18.6 Å². The van der Waals surface area contributed by atoms with Gasteiger partial charge in [-0.1, -0.05) is 0 Å². The molecular formula is C15H28N2O2. The summed E-state index contributed by atoms with van der Waals surface area (Å²) in [7, 11) is 0. The van der Waals surface area contributed by atoms with E-state index < -0.39 is 5.60 Å². The molecule has 2 atom stereocenters. The number of nitrogens with zero attached hydrogens (tertiary/aromatic N) is 2.